The van der Waals surface area contributed by atoms with Gasteiger partial charge in [0.05, 0.1) is 23.3 Å². The lowest BCUT2D eigenvalue weighted by Crippen LogP contribution is -1.82. The maximum absolute atomic E-state index is 9.21. The zero-order valence-electron chi connectivity index (χ0n) is 9.97. The molecule has 90 valence electrons. The molecule has 0 aliphatic rings. The molecule has 2 aromatic carbocycles. The van der Waals surface area contributed by atoms with Gasteiger partial charge >= 0.3 is 0 Å². The number of benzene rings is 2. The molecular formula is C16H9ClN2. The van der Waals surface area contributed by atoms with Gasteiger partial charge in [0, 0.05) is 5.02 Å². The molecule has 2 aromatic rings. The van der Waals surface area contributed by atoms with E-state index in [0.29, 0.717) is 16.2 Å². The monoisotopic (exact) mass is 264 g/mol. The van der Waals surface area contributed by atoms with Gasteiger partial charge in [0.15, 0.2) is 0 Å². The molecule has 0 unspecified atom stereocenters. The van der Waals surface area contributed by atoms with Crippen molar-refractivity contribution in [2.75, 3.05) is 0 Å². The van der Waals surface area contributed by atoms with Crippen LogP contribution in [0.5, 0.6) is 0 Å². The number of hydrogen-bond acceptors (Lipinski definition) is 2. The second-order valence-electron chi connectivity index (χ2n) is 3.91. The van der Waals surface area contributed by atoms with Crippen molar-refractivity contribution in [1.82, 2.24) is 0 Å². The summed E-state index contributed by atoms with van der Waals surface area (Å²) in [6.07, 6.45) is 1.78. The molecular weight excluding hydrogens is 256 g/mol. The minimum atomic E-state index is 0.557. The molecule has 0 aromatic heterocycles. The molecule has 0 heterocycles. The van der Waals surface area contributed by atoms with Crippen molar-refractivity contribution in [2.45, 2.75) is 0 Å². The van der Waals surface area contributed by atoms with E-state index >= 15 is 0 Å². The summed E-state index contributed by atoms with van der Waals surface area (Å²) in [5.41, 5.74) is 2.85. The minimum Gasteiger partial charge on any atom is -0.192 e. The van der Waals surface area contributed by atoms with Crippen LogP contribution < -0.4 is 0 Å². The predicted molar refractivity (Wildman–Crippen MR) is 76.1 cm³/mol. The summed E-state index contributed by atoms with van der Waals surface area (Å²) in [7, 11) is 0. The summed E-state index contributed by atoms with van der Waals surface area (Å²) in [5, 5.41) is 18.6. The number of nitrogens with zero attached hydrogens (tertiary/aromatic N) is 2. The number of rotatable bonds is 2. The van der Waals surface area contributed by atoms with Gasteiger partial charge in [-0.05, 0) is 41.5 Å². The maximum atomic E-state index is 9.21. The van der Waals surface area contributed by atoms with E-state index in [1.165, 1.54) is 0 Å². The second-order valence-corrected chi connectivity index (χ2v) is 4.35. The fraction of sp³-hybridized carbons (Fsp3) is 0. The fourth-order valence-corrected chi connectivity index (χ4v) is 1.76. The van der Waals surface area contributed by atoms with E-state index in [2.05, 4.69) is 12.1 Å². The molecule has 0 fully saturated rings. The average Bonchev–Trinajstić information content (AvgIpc) is 2.46. The predicted octanol–water partition coefficient (Wildman–Crippen LogP) is 4.28. The van der Waals surface area contributed by atoms with E-state index in [1.807, 2.05) is 12.1 Å². The Kier molecular flexibility index (Phi) is 3.98. The SMILES string of the molecule is N#C/C(=C\c1ccc(C#N)cc1)c1ccc(Cl)cc1. The number of nitriles is 2. The largest absolute Gasteiger partial charge is 0.192 e. The van der Waals surface area contributed by atoms with Crippen molar-refractivity contribution in [3.63, 3.8) is 0 Å². The van der Waals surface area contributed by atoms with Crippen LogP contribution in [0.25, 0.3) is 11.6 Å². The van der Waals surface area contributed by atoms with Gasteiger partial charge in [0.2, 0.25) is 0 Å². The summed E-state index contributed by atoms with van der Waals surface area (Å²) in [5.74, 6) is 0. The van der Waals surface area contributed by atoms with Crippen LogP contribution in [0.4, 0.5) is 0 Å². The van der Waals surface area contributed by atoms with E-state index in [0.717, 1.165) is 11.1 Å². The first-order valence-electron chi connectivity index (χ1n) is 5.61. The molecule has 0 radical (unpaired) electrons. The highest BCUT2D eigenvalue weighted by atomic mass is 35.5. The van der Waals surface area contributed by atoms with E-state index in [4.69, 9.17) is 16.9 Å². The molecule has 3 heteroatoms. The summed E-state index contributed by atoms with van der Waals surface area (Å²) >= 11 is 5.82. The van der Waals surface area contributed by atoms with Crippen molar-refractivity contribution < 1.29 is 0 Å². The standard InChI is InChI=1S/C16H9ClN2/c17-16-7-5-14(6-8-16)15(11-19)9-12-1-3-13(10-18)4-2-12/h1-9H/b15-9+. The van der Waals surface area contributed by atoms with E-state index in [9.17, 15) is 5.26 Å². The smallest absolute Gasteiger partial charge is 0.0998 e. The first-order chi connectivity index (χ1) is 9.22. The van der Waals surface area contributed by atoms with Crippen LogP contribution in [0, 0.1) is 22.7 Å². The number of halogens is 1. The van der Waals surface area contributed by atoms with E-state index in [1.54, 1.807) is 42.5 Å². The van der Waals surface area contributed by atoms with Gasteiger partial charge in [-0.15, -0.1) is 0 Å². The molecule has 0 spiro atoms. The van der Waals surface area contributed by atoms with Crippen LogP contribution in [0.15, 0.2) is 48.5 Å². The second kappa shape index (κ2) is 5.87. The molecule has 0 amide bonds. The highest BCUT2D eigenvalue weighted by molar-refractivity contribution is 6.30. The van der Waals surface area contributed by atoms with Gasteiger partial charge in [0.1, 0.15) is 0 Å². The van der Waals surface area contributed by atoms with Gasteiger partial charge < -0.3 is 0 Å². The van der Waals surface area contributed by atoms with Crippen LogP contribution in [0.3, 0.4) is 0 Å². The quantitative estimate of drug-likeness (QED) is 0.600. The van der Waals surface area contributed by atoms with Crippen molar-refractivity contribution in [3.8, 4) is 12.1 Å². The molecule has 0 aliphatic carbocycles. The Labute approximate surface area is 116 Å². The summed E-state index contributed by atoms with van der Waals surface area (Å²) in [6, 6.07) is 18.4. The highest BCUT2D eigenvalue weighted by Gasteiger charge is 2.01. The van der Waals surface area contributed by atoms with Crippen LogP contribution in [-0.2, 0) is 0 Å². The molecule has 19 heavy (non-hydrogen) atoms. The van der Waals surface area contributed by atoms with Crippen molar-refractivity contribution in [1.29, 1.82) is 10.5 Å². The van der Waals surface area contributed by atoms with Gasteiger partial charge in [-0.2, -0.15) is 10.5 Å². The lowest BCUT2D eigenvalue weighted by molar-refractivity contribution is 1.48. The lowest BCUT2D eigenvalue weighted by Gasteiger charge is -2.00. The van der Waals surface area contributed by atoms with Gasteiger partial charge in [-0.1, -0.05) is 35.9 Å². The summed E-state index contributed by atoms with van der Waals surface area (Å²) in [4.78, 5) is 0. The molecule has 0 N–H and O–H groups in total. The van der Waals surface area contributed by atoms with Gasteiger partial charge in [0.25, 0.3) is 0 Å². The van der Waals surface area contributed by atoms with E-state index < -0.39 is 0 Å². The Hall–Kier alpha value is -2.55. The van der Waals surface area contributed by atoms with Crippen LogP contribution in [0.1, 0.15) is 16.7 Å². The topological polar surface area (TPSA) is 47.6 Å². The normalized spacial score (nSPS) is 10.6. The first-order valence-corrected chi connectivity index (χ1v) is 5.98. The number of allylic oxidation sites excluding steroid dienone is 1. The summed E-state index contributed by atoms with van der Waals surface area (Å²) < 4.78 is 0. The first kappa shape index (κ1) is 12.9. The molecule has 0 saturated heterocycles. The zero-order valence-corrected chi connectivity index (χ0v) is 10.7. The highest BCUT2D eigenvalue weighted by Crippen LogP contribution is 2.20. The third kappa shape index (κ3) is 3.22. The average molecular weight is 265 g/mol. The molecule has 0 aliphatic heterocycles. The van der Waals surface area contributed by atoms with Gasteiger partial charge in [-0.3, -0.25) is 0 Å². The Balaban J connectivity index is 2.36. The van der Waals surface area contributed by atoms with Crippen molar-refractivity contribution >= 4 is 23.3 Å². The van der Waals surface area contributed by atoms with Crippen LogP contribution >= 0.6 is 11.6 Å². The fourth-order valence-electron chi connectivity index (χ4n) is 1.63. The number of hydrogen-bond donors (Lipinski definition) is 0. The van der Waals surface area contributed by atoms with Crippen LogP contribution in [-0.4, -0.2) is 0 Å². The minimum absolute atomic E-state index is 0.557. The zero-order chi connectivity index (χ0) is 13.7. The Morgan fingerprint density at radius 2 is 1.58 bits per heavy atom. The molecule has 2 rings (SSSR count). The van der Waals surface area contributed by atoms with Crippen molar-refractivity contribution in [2.24, 2.45) is 0 Å². The molecule has 0 atom stereocenters. The Morgan fingerprint density at radius 1 is 0.947 bits per heavy atom. The Morgan fingerprint density at radius 3 is 2.11 bits per heavy atom. The maximum Gasteiger partial charge on any atom is 0.0998 e. The molecule has 0 saturated carbocycles. The molecule has 2 nitrogen and oxygen atoms in total. The van der Waals surface area contributed by atoms with Crippen LogP contribution in [0.2, 0.25) is 5.02 Å². The van der Waals surface area contributed by atoms with Crippen molar-refractivity contribution in [3.05, 3.63) is 70.2 Å². The Bertz CT molecular complexity index is 684. The lowest BCUT2D eigenvalue weighted by atomic mass is 10.0. The third-order valence-corrected chi connectivity index (χ3v) is 2.88. The van der Waals surface area contributed by atoms with E-state index in [-0.39, 0.29) is 0 Å². The summed E-state index contributed by atoms with van der Waals surface area (Å²) in [6.45, 7) is 0. The van der Waals surface area contributed by atoms with Gasteiger partial charge in [-0.25, -0.2) is 0 Å². The third-order valence-electron chi connectivity index (χ3n) is 2.63. The molecule has 0 bridgehead atoms.